The minimum absolute atomic E-state index is 0.475. The predicted octanol–water partition coefficient (Wildman–Crippen LogP) is 3.79. The van der Waals surface area contributed by atoms with Crippen molar-refractivity contribution >= 4 is 11.3 Å². The molecule has 0 saturated carbocycles. The molecule has 0 amide bonds. The molecule has 19 heavy (non-hydrogen) atoms. The van der Waals surface area contributed by atoms with Gasteiger partial charge in [0.15, 0.2) is 0 Å². The van der Waals surface area contributed by atoms with Crippen LogP contribution in [0.5, 0.6) is 0 Å². The van der Waals surface area contributed by atoms with Gasteiger partial charge >= 0.3 is 0 Å². The molecular formula is C16H27NOS. The molecule has 1 aromatic heterocycles. The summed E-state index contributed by atoms with van der Waals surface area (Å²) in [5, 5.41) is 3.63. The van der Waals surface area contributed by atoms with Crippen molar-refractivity contribution in [3.63, 3.8) is 0 Å². The van der Waals surface area contributed by atoms with E-state index in [9.17, 15) is 0 Å². The van der Waals surface area contributed by atoms with E-state index in [1.807, 2.05) is 11.3 Å². The van der Waals surface area contributed by atoms with Crippen LogP contribution in [0.4, 0.5) is 0 Å². The molecule has 0 spiro atoms. The van der Waals surface area contributed by atoms with Crippen molar-refractivity contribution in [3.05, 3.63) is 21.9 Å². The van der Waals surface area contributed by atoms with Gasteiger partial charge in [0.05, 0.1) is 6.10 Å². The molecule has 1 aliphatic rings. The zero-order valence-electron chi connectivity index (χ0n) is 12.3. The second-order valence-electron chi connectivity index (χ2n) is 5.40. The first-order valence-corrected chi connectivity index (χ1v) is 8.56. The largest absolute Gasteiger partial charge is 0.378 e. The van der Waals surface area contributed by atoms with E-state index in [0.29, 0.717) is 12.1 Å². The standard InChI is InChI=1S/C16H27NOS/c1-3-15-8-9-16(19-15)12-13(17-4-2)11-14-7-5-6-10-18-14/h8-9,13-14,17H,3-7,10-12H2,1-2H3. The summed E-state index contributed by atoms with van der Waals surface area (Å²) in [6.45, 7) is 6.43. The Labute approximate surface area is 121 Å². The first-order chi connectivity index (χ1) is 9.31. The molecule has 1 fully saturated rings. The lowest BCUT2D eigenvalue weighted by Crippen LogP contribution is -2.36. The lowest BCUT2D eigenvalue weighted by molar-refractivity contribution is 0.00539. The maximum absolute atomic E-state index is 5.88. The molecule has 1 N–H and O–H groups in total. The lowest BCUT2D eigenvalue weighted by atomic mass is 9.99. The first-order valence-electron chi connectivity index (χ1n) is 7.74. The predicted molar refractivity (Wildman–Crippen MR) is 83.1 cm³/mol. The summed E-state index contributed by atoms with van der Waals surface area (Å²) in [6, 6.07) is 5.15. The Morgan fingerprint density at radius 2 is 2.16 bits per heavy atom. The van der Waals surface area contributed by atoms with Crippen LogP contribution >= 0.6 is 11.3 Å². The SMILES string of the molecule is CCNC(Cc1ccc(CC)s1)CC1CCCCO1. The van der Waals surface area contributed by atoms with E-state index in [2.05, 4.69) is 31.3 Å². The number of nitrogens with one attached hydrogen (secondary N) is 1. The monoisotopic (exact) mass is 281 g/mol. The van der Waals surface area contributed by atoms with Gasteiger partial charge in [0.1, 0.15) is 0 Å². The minimum atomic E-state index is 0.475. The highest BCUT2D eigenvalue weighted by atomic mass is 32.1. The summed E-state index contributed by atoms with van der Waals surface area (Å²) in [4.78, 5) is 3.01. The molecule has 0 radical (unpaired) electrons. The van der Waals surface area contributed by atoms with E-state index in [0.717, 1.165) is 32.4 Å². The quantitative estimate of drug-likeness (QED) is 0.821. The van der Waals surface area contributed by atoms with Crippen molar-refractivity contribution in [2.75, 3.05) is 13.2 Å². The summed E-state index contributed by atoms with van der Waals surface area (Å²) < 4.78 is 5.88. The van der Waals surface area contributed by atoms with E-state index in [1.54, 1.807) is 0 Å². The van der Waals surface area contributed by atoms with Crippen LogP contribution in [0.2, 0.25) is 0 Å². The average Bonchev–Trinajstić information content (AvgIpc) is 2.88. The van der Waals surface area contributed by atoms with Crippen LogP contribution in [0.1, 0.15) is 49.3 Å². The number of rotatable bonds is 7. The number of thiophene rings is 1. The third-order valence-corrected chi connectivity index (χ3v) is 5.08. The van der Waals surface area contributed by atoms with Gasteiger partial charge in [-0.05, 0) is 57.2 Å². The smallest absolute Gasteiger partial charge is 0.0590 e. The molecule has 2 atom stereocenters. The Morgan fingerprint density at radius 3 is 2.79 bits per heavy atom. The van der Waals surface area contributed by atoms with E-state index >= 15 is 0 Å². The summed E-state index contributed by atoms with van der Waals surface area (Å²) in [5.41, 5.74) is 0. The molecule has 2 unspecified atom stereocenters. The van der Waals surface area contributed by atoms with E-state index in [-0.39, 0.29) is 0 Å². The molecule has 108 valence electrons. The van der Waals surface area contributed by atoms with E-state index in [4.69, 9.17) is 4.74 Å². The van der Waals surface area contributed by atoms with Gasteiger partial charge in [0, 0.05) is 22.4 Å². The Kier molecular flexibility index (Phi) is 6.35. The number of ether oxygens (including phenoxy) is 1. The topological polar surface area (TPSA) is 21.3 Å². The minimum Gasteiger partial charge on any atom is -0.378 e. The van der Waals surface area contributed by atoms with Crippen molar-refractivity contribution < 1.29 is 4.74 Å². The van der Waals surface area contributed by atoms with Crippen molar-refractivity contribution in [2.24, 2.45) is 0 Å². The average molecular weight is 281 g/mol. The van der Waals surface area contributed by atoms with Crippen LogP contribution in [0.25, 0.3) is 0 Å². The highest BCUT2D eigenvalue weighted by Gasteiger charge is 2.19. The molecule has 0 aromatic carbocycles. The Balaban J connectivity index is 1.87. The molecule has 0 aliphatic carbocycles. The second kappa shape index (κ2) is 8.03. The second-order valence-corrected chi connectivity index (χ2v) is 6.66. The summed E-state index contributed by atoms with van der Waals surface area (Å²) >= 11 is 1.97. The Bertz CT molecular complexity index is 357. The molecule has 2 nitrogen and oxygen atoms in total. The van der Waals surface area contributed by atoms with E-state index < -0.39 is 0 Å². The first kappa shape index (κ1) is 15.0. The molecule has 1 aromatic rings. The maximum atomic E-state index is 5.88. The molecule has 2 rings (SSSR count). The number of hydrogen-bond donors (Lipinski definition) is 1. The molecule has 1 aliphatic heterocycles. The molecule has 3 heteroatoms. The zero-order valence-corrected chi connectivity index (χ0v) is 13.1. The summed E-state index contributed by atoms with van der Waals surface area (Å²) in [6.07, 6.45) is 7.76. The fraction of sp³-hybridized carbons (Fsp3) is 0.750. The number of hydrogen-bond acceptors (Lipinski definition) is 3. The van der Waals surface area contributed by atoms with Gasteiger partial charge in [-0.15, -0.1) is 11.3 Å². The maximum Gasteiger partial charge on any atom is 0.0590 e. The summed E-state index contributed by atoms with van der Waals surface area (Å²) in [5.74, 6) is 0. The van der Waals surface area contributed by atoms with Gasteiger partial charge < -0.3 is 10.1 Å². The third kappa shape index (κ3) is 4.90. The summed E-state index contributed by atoms with van der Waals surface area (Å²) in [7, 11) is 0. The van der Waals surface area contributed by atoms with Gasteiger partial charge in [-0.2, -0.15) is 0 Å². The normalized spacial score (nSPS) is 21.5. The van der Waals surface area contributed by atoms with Crippen LogP contribution in [-0.2, 0) is 17.6 Å². The van der Waals surface area contributed by atoms with Gasteiger partial charge in [0.2, 0.25) is 0 Å². The van der Waals surface area contributed by atoms with Crippen molar-refractivity contribution in [3.8, 4) is 0 Å². The van der Waals surface area contributed by atoms with Gasteiger partial charge in [0.25, 0.3) is 0 Å². The highest BCUT2D eigenvalue weighted by molar-refractivity contribution is 7.11. The number of aryl methyl sites for hydroxylation is 1. The molecule has 1 saturated heterocycles. The van der Waals surface area contributed by atoms with Crippen LogP contribution in [0, 0.1) is 0 Å². The fourth-order valence-electron chi connectivity index (χ4n) is 2.80. The van der Waals surface area contributed by atoms with Crippen molar-refractivity contribution in [1.82, 2.24) is 5.32 Å². The number of likely N-dealkylation sites (N-methyl/N-ethyl adjacent to an activating group) is 1. The van der Waals surface area contributed by atoms with Crippen LogP contribution in [-0.4, -0.2) is 25.3 Å². The van der Waals surface area contributed by atoms with Crippen molar-refractivity contribution in [1.29, 1.82) is 0 Å². The molecular weight excluding hydrogens is 254 g/mol. The fourth-order valence-corrected chi connectivity index (χ4v) is 3.84. The zero-order chi connectivity index (χ0) is 13.5. The molecule has 2 heterocycles. The van der Waals surface area contributed by atoms with E-state index in [1.165, 1.54) is 29.0 Å². The van der Waals surface area contributed by atoms with Gasteiger partial charge in [-0.3, -0.25) is 0 Å². The van der Waals surface area contributed by atoms with Crippen molar-refractivity contribution in [2.45, 2.75) is 64.5 Å². The van der Waals surface area contributed by atoms with Crippen LogP contribution in [0.15, 0.2) is 12.1 Å². The van der Waals surface area contributed by atoms with Gasteiger partial charge in [-0.25, -0.2) is 0 Å². The third-order valence-electron chi connectivity index (χ3n) is 3.83. The van der Waals surface area contributed by atoms with Crippen LogP contribution < -0.4 is 5.32 Å². The Hall–Kier alpha value is -0.380. The molecule has 0 bridgehead atoms. The lowest BCUT2D eigenvalue weighted by Gasteiger charge is -2.27. The van der Waals surface area contributed by atoms with Gasteiger partial charge in [-0.1, -0.05) is 13.8 Å². The Morgan fingerprint density at radius 1 is 1.32 bits per heavy atom. The highest BCUT2D eigenvalue weighted by Crippen LogP contribution is 2.22. The van der Waals surface area contributed by atoms with Crippen LogP contribution in [0.3, 0.4) is 0 Å².